The van der Waals surface area contributed by atoms with E-state index < -0.39 is 11.5 Å². The zero-order valence-electron chi connectivity index (χ0n) is 7.74. The minimum atomic E-state index is -0.628. The first-order valence-corrected chi connectivity index (χ1v) is 4.07. The summed E-state index contributed by atoms with van der Waals surface area (Å²) in [7, 11) is 0. The number of carbonyl (C=O) groups excluding carboxylic acids is 1. The van der Waals surface area contributed by atoms with Crippen molar-refractivity contribution in [3.8, 4) is 0 Å². The van der Waals surface area contributed by atoms with Crippen LogP contribution in [-0.2, 0) is 9.53 Å². The maximum absolute atomic E-state index is 11.2. The Morgan fingerprint density at radius 1 is 1.71 bits per heavy atom. The number of H-pyrrole nitrogens is 1. The molecule has 0 aliphatic carbocycles. The average molecular weight is 194 g/mol. The third-order valence-corrected chi connectivity index (χ3v) is 1.52. The molecule has 0 saturated heterocycles. The maximum Gasteiger partial charge on any atom is 0.339 e. The molecule has 1 rings (SSSR count). The van der Waals surface area contributed by atoms with Gasteiger partial charge in [-0.25, -0.2) is 9.78 Å². The fourth-order valence-electron chi connectivity index (χ4n) is 0.882. The third-order valence-electron chi connectivity index (χ3n) is 1.52. The first kappa shape index (κ1) is 10.2. The van der Waals surface area contributed by atoms with Gasteiger partial charge in [-0.05, 0) is 6.92 Å². The molecule has 1 aromatic heterocycles. The van der Waals surface area contributed by atoms with Crippen molar-refractivity contribution < 1.29 is 9.53 Å². The van der Waals surface area contributed by atoms with Gasteiger partial charge in [0.05, 0.1) is 12.2 Å². The van der Waals surface area contributed by atoms with Crippen LogP contribution in [-0.4, -0.2) is 22.5 Å². The van der Waals surface area contributed by atoms with E-state index in [1.807, 2.05) is 0 Å². The highest BCUT2D eigenvalue weighted by Crippen LogP contribution is 2.05. The summed E-state index contributed by atoms with van der Waals surface area (Å²) >= 11 is 0. The van der Waals surface area contributed by atoms with Gasteiger partial charge in [0.25, 0.3) is 5.56 Å². The van der Waals surface area contributed by atoms with Crippen LogP contribution in [0.2, 0.25) is 0 Å². The zero-order valence-corrected chi connectivity index (χ0v) is 7.74. The lowest BCUT2D eigenvalue weighted by Crippen LogP contribution is -2.17. The Kier molecular flexibility index (Phi) is 3.17. The van der Waals surface area contributed by atoms with Gasteiger partial charge in [0.2, 0.25) is 0 Å². The number of aromatic amines is 1. The van der Waals surface area contributed by atoms with Crippen LogP contribution in [0.5, 0.6) is 0 Å². The van der Waals surface area contributed by atoms with Crippen molar-refractivity contribution in [2.24, 2.45) is 0 Å². The lowest BCUT2D eigenvalue weighted by atomic mass is 10.2. The summed E-state index contributed by atoms with van der Waals surface area (Å²) < 4.78 is 4.68. The molecule has 0 unspecified atom stereocenters. The molecule has 5 nitrogen and oxygen atoms in total. The summed E-state index contributed by atoms with van der Waals surface area (Å²) in [6.07, 6.45) is 2.76. The van der Waals surface area contributed by atoms with Crippen molar-refractivity contribution in [1.29, 1.82) is 0 Å². The van der Waals surface area contributed by atoms with E-state index in [1.165, 1.54) is 12.4 Å². The van der Waals surface area contributed by atoms with Crippen molar-refractivity contribution >= 4 is 11.5 Å². The maximum atomic E-state index is 11.2. The topological polar surface area (TPSA) is 72.0 Å². The summed E-state index contributed by atoms with van der Waals surface area (Å²) in [6.45, 7) is 5.36. The van der Waals surface area contributed by atoms with E-state index >= 15 is 0 Å². The molecule has 0 bridgehead atoms. The Morgan fingerprint density at radius 3 is 3.00 bits per heavy atom. The van der Waals surface area contributed by atoms with Gasteiger partial charge in [0, 0.05) is 12.4 Å². The second-order valence-electron chi connectivity index (χ2n) is 2.47. The fraction of sp³-hybridized carbons (Fsp3) is 0.222. The molecule has 0 aliphatic rings. The highest BCUT2D eigenvalue weighted by atomic mass is 16.5. The number of esters is 1. The van der Waals surface area contributed by atoms with Crippen molar-refractivity contribution in [3.63, 3.8) is 0 Å². The van der Waals surface area contributed by atoms with Gasteiger partial charge in [-0.1, -0.05) is 6.58 Å². The van der Waals surface area contributed by atoms with Crippen molar-refractivity contribution in [2.45, 2.75) is 6.92 Å². The van der Waals surface area contributed by atoms with Crippen LogP contribution in [0.1, 0.15) is 12.6 Å². The van der Waals surface area contributed by atoms with Crippen LogP contribution in [0.25, 0.3) is 5.57 Å². The molecule has 74 valence electrons. The molecule has 0 aliphatic heterocycles. The molecule has 0 amide bonds. The first-order chi connectivity index (χ1) is 6.66. The van der Waals surface area contributed by atoms with E-state index in [-0.39, 0.29) is 17.9 Å². The van der Waals surface area contributed by atoms with Gasteiger partial charge in [0.1, 0.15) is 5.69 Å². The Hall–Kier alpha value is -1.91. The molecule has 1 heterocycles. The number of nitrogens with zero attached hydrogens (tertiary/aromatic N) is 1. The molecule has 1 aromatic rings. The first-order valence-electron chi connectivity index (χ1n) is 4.07. The second kappa shape index (κ2) is 4.36. The van der Waals surface area contributed by atoms with Crippen molar-refractivity contribution in [2.75, 3.05) is 6.61 Å². The van der Waals surface area contributed by atoms with Crippen molar-refractivity contribution in [3.05, 3.63) is 35.0 Å². The molecule has 0 radical (unpaired) electrons. The summed E-state index contributed by atoms with van der Waals surface area (Å²) in [4.78, 5) is 28.5. The molecule has 5 heteroatoms. The van der Waals surface area contributed by atoms with Crippen LogP contribution in [0.15, 0.2) is 23.8 Å². The van der Waals surface area contributed by atoms with E-state index in [2.05, 4.69) is 21.3 Å². The summed E-state index contributed by atoms with van der Waals surface area (Å²) in [5.41, 5.74) is -0.495. The van der Waals surface area contributed by atoms with E-state index in [1.54, 1.807) is 6.92 Å². The predicted octanol–water partition coefficient (Wildman–Crippen LogP) is 0.346. The standard InChI is InChI=1S/C9H10N2O3/c1-3-14-9(13)6(2)7-8(12)11-5-4-10-7/h4-5H,2-3H2,1H3,(H,11,12). The monoisotopic (exact) mass is 194 g/mol. The highest BCUT2D eigenvalue weighted by Gasteiger charge is 2.14. The van der Waals surface area contributed by atoms with Crippen LogP contribution >= 0.6 is 0 Å². The molecule has 0 saturated carbocycles. The molecule has 0 atom stereocenters. The lowest BCUT2D eigenvalue weighted by Gasteiger charge is -2.02. The van der Waals surface area contributed by atoms with Gasteiger partial charge in [-0.2, -0.15) is 0 Å². The van der Waals surface area contributed by atoms with E-state index in [0.29, 0.717) is 0 Å². The fourth-order valence-corrected chi connectivity index (χ4v) is 0.882. The lowest BCUT2D eigenvalue weighted by molar-refractivity contribution is -0.136. The number of carbonyl (C=O) groups is 1. The van der Waals surface area contributed by atoms with Gasteiger partial charge in [-0.3, -0.25) is 4.79 Å². The molecule has 14 heavy (non-hydrogen) atoms. The molecular weight excluding hydrogens is 184 g/mol. The number of hydrogen-bond donors (Lipinski definition) is 1. The van der Waals surface area contributed by atoms with Crippen LogP contribution in [0, 0.1) is 0 Å². The Bertz CT molecular complexity index is 409. The molecular formula is C9H10N2O3. The normalized spacial score (nSPS) is 9.50. The number of nitrogens with one attached hydrogen (secondary N) is 1. The SMILES string of the molecule is C=C(C(=O)OCC)c1ncc[nH]c1=O. The highest BCUT2D eigenvalue weighted by molar-refractivity contribution is 6.14. The van der Waals surface area contributed by atoms with Gasteiger partial charge < -0.3 is 9.72 Å². The third kappa shape index (κ3) is 2.07. The predicted molar refractivity (Wildman–Crippen MR) is 50.5 cm³/mol. The van der Waals surface area contributed by atoms with Crippen LogP contribution < -0.4 is 5.56 Å². The van der Waals surface area contributed by atoms with Crippen LogP contribution in [0.4, 0.5) is 0 Å². The van der Waals surface area contributed by atoms with E-state index in [9.17, 15) is 9.59 Å². The average Bonchev–Trinajstić information content (AvgIpc) is 2.18. The summed E-state index contributed by atoms with van der Waals surface area (Å²) in [5, 5.41) is 0. The number of hydrogen-bond acceptors (Lipinski definition) is 4. The smallest absolute Gasteiger partial charge is 0.339 e. The largest absolute Gasteiger partial charge is 0.462 e. The molecule has 0 spiro atoms. The van der Waals surface area contributed by atoms with E-state index in [0.717, 1.165) is 0 Å². The van der Waals surface area contributed by atoms with Gasteiger partial charge >= 0.3 is 5.97 Å². The van der Waals surface area contributed by atoms with E-state index in [4.69, 9.17) is 0 Å². The minimum Gasteiger partial charge on any atom is -0.462 e. The minimum absolute atomic E-state index is 0.00838. The van der Waals surface area contributed by atoms with Crippen molar-refractivity contribution in [1.82, 2.24) is 9.97 Å². The molecule has 1 N–H and O–H groups in total. The number of aromatic nitrogens is 2. The second-order valence-corrected chi connectivity index (χ2v) is 2.47. The Balaban J connectivity index is 2.96. The zero-order chi connectivity index (χ0) is 10.6. The number of rotatable bonds is 3. The van der Waals surface area contributed by atoms with Crippen LogP contribution in [0.3, 0.4) is 0 Å². The molecule has 0 fully saturated rings. The Labute approximate surface area is 80.4 Å². The summed E-state index contributed by atoms with van der Waals surface area (Å²) in [6, 6.07) is 0. The summed E-state index contributed by atoms with van der Waals surface area (Å²) in [5.74, 6) is -0.628. The quantitative estimate of drug-likeness (QED) is 0.556. The molecule has 0 aromatic carbocycles. The number of ether oxygens (including phenoxy) is 1. The van der Waals surface area contributed by atoms with Gasteiger partial charge in [-0.15, -0.1) is 0 Å². The van der Waals surface area contributed by atoms with Gasteiger partial charge in [0.15, 0.2) is 0 Å². The Morgan fingerprint density at radius 2 is 2.43 bits per heavy atom.